The fourth-order valence-corrected chi connectivity index (χ4v) is 7.24. The zero-order valence-corrected chi connectivity index (χ0v) is 23.7. The Morgan fingerprint density at radius 1 is 1.20 bits per heavy atom. The summed E-state index contributed by atoms with van der Waals surface area (Å²) in [6, 6.07) is 13.4. The Morgan fingerprint density at radius 3 is 2.76 bits per heavy atom. The van der Waals surface area contributed by atoms with E-state index in [-0.39, 0.29) is 35.1 Å². The van der Waals surface area contributed by atoms with Gasteiger partial charge in [-0.05, 0) is 86.1 Å². The van der Waals surface area contributed by atoms with E-state index in [1.54, 1.807) is 24.3 Å². The molecule has 41 heavy (non-hydrogen) atoms. The number of carbonyl (C=O) groups is 3. The smallest absolute Gasteiger partial charge is 0.268 e. The quantitative estimate of drug-likeness (QED) is 0.287. The van der Waals surface area contributed by atoms with Crippen LogP contribution in [0, 0.1) is 11.3 Å². The maximum absolute atomic E-state index is 13.4. The molecule has 7 rings (SSSR count). The zero-order chi connectivity index (χ0) is 28.3. The Kier molecular flexibility index (Phi) is 6.11. The fraction of sp³-hybridized carbons (Fsp3) is 0.355. The molecule has 2 saturated carbocycles. The highest BCUT2D eigenvalue weighted by Crippen LogP contribution is 2.55. The first-order chi connectivity index (χ1) is 19.8. The van der Waals surface area contributed by atoms with Gasteiger partial charge in [0.15, 0.2) is 0 Å². The predicted molar refractivity (Wildman–Crippen MR) is 158 cm³/mol. The molecule has 4 aromatic rings. The molecule has 1 spiro atoms. The van der Waals surface area contributed by atoms with Crippen molar-refractivity contribution in [3.05, 3.63) is 66.3 Å². The van der Waals surface area contributed by atoms with Crippen LogP contribution in [0.25, 0.3) is 21.7 Å². The molecule has 3 aliphatic rings. The van der Waals surface area contributed by atoms with Crippen LogP contribution in [0.5, 0.6) is 0 Å². The van der Waals surface area contributed by atoms with Crippen molar-refractivity contribution in [3.63, 3.8) is 0 Å². The Morgan fingerprint density at radius 2 is 2.02 bits per heavy atom. The van der Waals surface area contributed by atoms with Crippen molar-refractivity contribution in [3.8, 4) is 10.6 Å². The molecule has 1 aromatic carbocycles. The molecule has 210 valence electrons. The van der Waals surface area contributed by atoms with Gasteiger partial charge in [-0.15, -0.1) is 11.3 Å². The SMILES string of the molecule is C=CC(=O)N1CCC2(CC(n3c(NC(=O)c4ccc(-c5ccco5)s4)nc4cc(N(C)C(=O)C5CC5)ccc43)C2)C1. The lowest BCUT2D eigenvalue weighted by atomic mass is 9.65. The van der Waals surface area contributed by atoms with Crippen LogP contribution in [0.15, 0.2) is 65.8 Å². The highest BCUT2D eigenvalue weighted by Gasteiger charge is 2.50. The maximum atomic E-state index is 13.4. The van der Waals surface area contributed by atoms with E-state index in [0.717, 1.165) is 72.6 Å². The largest absolute Gasteiger partial charge is 0.464 e. The van der Waals surface area contributed by atoms with E-state index >= 15 is 0 Å². The van der Waals surface area contributed by atoms with E-state index in [1.807, 2.05) is 41.3 Å². The summed E-state index contributed by atoms with van der Waals surface area (Å²) in [4.78, 5) is 48.2. The number of nitrogens with zero attached hydrogens (tertiary/aromatic N) is 4. The number of carbonyl (C=O) groups excluding carboxylic acids is 3. The molecule has 1 saturated heterocycles. The number of likely N-dealkylation sites (tertiary alicyclic amines) is 1. The van der Waals surface area contributed by atoms with E-state index in [2.05, 4.69) is 16.5 Å². The number of hydrogen-bond acceptors (Lipinski definition) is 6. The average molecular weight is 570 g/mol. The Hall–Kier alpha value is -4.18. The van der Waals surface area contributed by atoms with Crippen molar-refractivity contribution in [1.82, 2.24) is 14.5 Å². The Balaban J connectivity index is 1.19. The van der Waals surface area contributed by atoms with Crippen molar-refractivity contribution >= 4 is 51.7 Å². The standard InChI is InChI=1S/C31H31N5O4S/c1-3-27(37)35-13-12-31(18-35)16-21(17-31)36-23-9-8-20(34(2)29(39)19-6-7-19)15-22(23)32-30(36)33-28(38)26-11-10-25(41-26)24-5-4-14-40-24/h3-5,8-11,14-15,19,21H,1,6-7,12-13,16-18H2,2H3,(H,32,33,38). The van der Waals surface area contributed by atoms with Crippen LogP contribution in [-0.2, 0) is 9.59 Å². The lowest BCUT2D eigenvalue weighted by molar-refractivity contribution is -0.125. The molecule has 3 aromatic heterocycles. The van der Waals surface area contributed by atoms with E-state index in [4.69, 9.17) is 9.40 Å². The summed E-state index contributed by atoms with van der Waals surface area (Å²) < 4.78 is 7.62. The van der Waals surface area contributed by atoms with Crippen molar-refractivity contribution in [2.75, 3.05) is 30.4 Å². The highest BCUT2D eigenvalue weighted by molar-refractivity contribution is 7.17. The van der Waals surface area contributed by atoms with Gasteiger partial charge in [-0.3, -0.25) is 19.7 Å². The number of imidazole rings is 1. The van der Waals surface area contributed by atoms with Crippen LogP contribution >= 0.6 is 11.3 Å². The number of aromatic nitrogens is 2. The minimum absolute atomic E-state index is 0.0198. The van der Waals surface area contributed by atoms with Gasteiger partial charge in [-0.25, -0.2) is 4.98 Å². The molecular formula is C31H31N5O4S. The van der Waals surface area contributed by atoms with Gasteiger partial charge in [-0.2, -0.15) is 0 Å². The minimum atomic E-state index is -0.233. The van der Waals surface area contributed by atoms with Gasteiger partial charge in [0.1, 0.15) is 5.76 Å². The van der Waals surface area contributed by atoms with Crippen LogP contribution in [-0.4, -0.2) is 52.3 Å². The number of nitrogens with one attached hydrogen (secondary N) is 1. The highest BCUT2D eigenvalue weighted by atomic mass is 32.1. The molecule has 1 aliphatic heterocycles. The summed E-state index contributed by atoms with van der Waals surface area (Å²) in [5.41, 5.74) is 2.50. The summed E-state index contributed by atoms with van der Waals surface area (Å²) in [7, 11) is 1.81. The van der Waals surface area contributed by atoms with Crippen LogP contribution in [0.4, 0.5) is 11.6 Å². The van der Waals surface area contributed by atoms with Crippen molar-refractivity contribution in [1.29, 1.82) is 0 Å². The number of hydrogen-bond donors (Lipinski definition) is 1. The van der Waals surface area contributed by atoms with Gasteiger partial charge < -0.3 is 18.8 Å². The van der Waals surface area contributed by atoms with Gasteiger partial charge in [0, 0.05) is 37.8 Å². The predicted octanol–water partition coefficient (Wildman–Crippen LogP) is 5.72. The fourth-order valence-electron chi connectivity index (χ4n) is 6.37. The van der Waals surface area contributed by atoms with Crippen molar-refractivity contribution in [2.45, 2.75) is 38.1 Å². The molecular weight excluding hydrogens is 538 g/mol. The zero-order valence-electron chi connectivity index (χ0n) is 22.8. The minimum Gasteiger partial charge on any atom is -0.464 e. The van der Waals surface area contributed by atoms with Crippen LogP contribution in [0.3, 0.4) is 0 Å². The molecule has 0 unspecified atom stereocenters. The second kappa shape index (κ2) is 9.73. The summed E-state index contributed by atoms with van der Waals surface area (Å²) >= 11 is 1.36. The van der Waals surface area contributed by atoms with Crippen LogP contribution in [0.1, 0.15) is 47.8 Å². The molecule has 0 bridgehead atoms. The number of furan rings is 1. The third-order valence-corrected chi connectivity index (χ3v) is 9.86. The van der Waals surface area contributed by atoms with E-state index in [0.29, 0.717) is 10.8 Å². The number of anilines is 2. The average Bonchev–Trinajstić information content (AvgIpc) is 3.38. The monoisotopic (exact) mass is 569 g/mol. The van der Waals surface area contributed by atoms with Gasteiger partial charge in [0.05, 0.1) is 27.1 Å². The van der Waals surface area contributed by atoms with Gasteiger partial charge in [-0.1, -0.05) is 6.58 Å². The first-order valence-electron chi connectivity index (χ1n) is 14.0. The molecule has 3 fully saturated rings. The van der Waals surface area contributed by atoms with Crippen LogP contribution < -0.4 is 10.2 Å². The van der Waals surface area contributed by atoms with E-state index in [1.165, 1.54) is 17.4 Å². The molecule has 0 atom stereocenters. The Bertz CT molecular complexity index is 1680. The van der Waals surface area contributed by atoms with Gasteiger partial charge >= 0.3 is 0 Å². The Labute approximate surface area is 241 Å². The first-order valence-corrected chi connectivity index (χ1v) is 14.8. The van der Waals surface area contributed by atoms with E-state index < -0.39 is 0 Å². The third kappa shape index (κ3) is 4.56. The molecule has 3 amide bonds. The summed E-state index contributed by atoms with van der Waals surface area (Å²) in [6.45, 7) is 5.11. The maximum Gasteiger partial charge on any atom is 0.268 e. The molecule has 1 N–H and O–H groups in total. The number of benzene rings is 1. The summed E-state index contributed by atoms with van der Waals surface area (Å²) in [5.74, 6) is 1.20. The number of amides is 3. The van der Waals surface area contributed by atoms with Gasteiger partial charge in [0.2, 0.25) is 17.8 Å². The lowest BCUT2D eigenvalue weighted by Crippen LogP contribution is -2.42. The lowest BCUT2D eigenvalue weighted by Gasteiger charge is -2.46. The number of thiophene rings is 1. The summed E-state index contributed by atoms with van der Waals surface area (Å²) in [5, 5.41) is 3.07. The molecule has 0 radical (unpaired) electrons. The van der Waals surface area contributed by atoms with Crippen LogP contribution in [0.2, 0.25) is 0 Å². The molecule has 2 aliphatic carbocycles. The second-order valence-electron chi connectivity index (χ2n) is 11.5. The number of rotatable bonds is 7. The molecule has 9 nitrogen and oxygen atoms in total. The molecule has 4 heterocycles. The van der Waals surface area contributed by atoms with Gasteiger partial charge in [0.25, 0.3) is 5.91 Å². The van der Waals surface area contributed by atoms with Crippen molar-refractivity contribution < 1.29 is 18.8 Å². The normalized spacial score (nSPS) is 21.7. The second-order valence-corrected chi connectivity index (χ2v) is 12.6. The first kappa shape index (κ1) is 25.8. The number of fused-ring (bicyclic) bond motifs is 1. The van der Waals surface area contributed by atoms with E-state index in [9.17, 15) is 14.4 Å². The molecule has 10 heteroatoms. The van der Waals surface area contributed by atoms with Crippen molar-refractivity contribution in [2.24, 2.45) is 11.3 Å². The third-order valence-electron chi connectivity index (χ3n) is 8.76. The summed E-state index contributed by atoms with van der Waals surface area (Å²) in [6.07, 6.45) is 7.64. The topological polar surface area (TPSA) is 101 Å².